The van der Waals surface area contributed by atoms with Crippen molar-refractivity contribution in [3.05, 3.63) is 71.3 Å². The standard InChI is InChI=1S/C17H15NO4/c19-14(15(20)11-6-2-1-3-7-11)10-18-16(21)12-8-4-5-9-13(12)17(18)22/h1-9,14-15,19-20H,10H2/t14-,15-/m0/s1. The SMILES string of the molecule is O=C1c2ccccc2C(=O)N1C[C@H](O)[C@@H](O)c1ccccc1. The molecular formula is C17H15NO4. The Balaban J connectivity index is 1.77. The largest absolute Gasteiger partial charge is 0.388 e. The van der Waals surface area contributed by atoms with Crippen LogP contribution < -0.4 is 0 Å². The number of hydrogen-bond donors (Lipinski definition) is 2. The number of benzene rings is 2. The number of fused-ring (bicyclic) bond motifs is 1. The lowest BCUT2D eigenvalue weighted by atomic mass is 10.0. The maximum Gasteiger partial charge on any atom is 0.261 e. The summed E-state index contributed by atoms with van der Waals surface area (Å²) in [6, 6.07) is 15.2. The fourth-order valence-electron chi connectivity index (χ4n) is 2.56. The summed E-state index contributed by atoms with van der Waals surface area (Å²) in [6.07, 6.45) is -2.41. The minimum absolute atomic E-state index is 0.248. The molecule has 0 saturated heterocycles. The van der Waals surface area contributed by atoms with Crippen LogP contribution >= 0.6 is 0 Å². The topological polar surface area (TPSA) is 77.8 Å². The van der Waals surface area contributed by atoms with E-state index in [9.17, 15) is 19.8 Å². The molecule has 22 heavy (non-hydrogen) atoms. The number of aliphatic hydroxyl groups excluding tert-OH is 2. The van der Waals surface area contributed by atoms with Crippen molar-refractivity contribution in [2.45, 2.75) is 12.2 Å². The van der Waals surface area contributed by atoms with E-state index < -0.39 is 24.0 Å². The van der Waals surface area contributed by atoms with Crippen molar-refractivity contribution >= 4 is 11.8 Å². The molecule has 1 aliphatic rings. The van der Waals surface area contributed by atoms with Crippen molar-refractivity contribution in [3.8, 4) is 0 Å². The predicted molar refractivity (Wildman–Crippen MR) is 79.2 cm³/mol. The zero-order valence-corrected chi connectivity index (χ0v) is 11.7. The second-order valence-electron chi connectivity index (χ2n) is 5.19. The lowest BCUT2D eigenvalue weighted by molar-refractivity contribution is 0.000931. The number of rotatable bonds is 4. The van der Waals surface area contributed by atoms with Crippen LogP contribution in [0.4, 0.5) is 0 Å². The van der Waals surface area contributed by atoms with Crippen LogP contribution in [0.2, 0.25) is 0 Å². The highest BCUT2D eigenvalue weighted by molar-refractivity contribution is 6.21. The second-order valence-corrected chi connectivity index (χ2v) is 5.19. The quantitative estimate of drug-likeness (QED) is 0.836. The van der Waals surface area contributed by atoms with E-state index in [-0.39, 0.29) is 6.54 Å². The number of β-amino-alcohol motifs (C(OH)–C–C–N with tert-alkyl or cyclic N) is 1. The van der Waals surface area contributed by atoms with Gasteiger partial charge in [0.1, 0.15) is 12.2 Å². The number of aliphatic hydroxyl groups is 2. The van der Waals surface area contributed by atoms with Gasteiger partial charge in [-0.05, 0) is 17.7 Å². The molecule has 0 bridgehead atoms. The third-order valence-corrected chi connectivity index (χ3v) is 3.75. The van der Waals surface area contributed by atoms with Gasteiger partial charge in [0, 0.05) is 0 Å². The van der Waals surface area contributed by atoms with Gasteiger partial charge in [-0.25, -0.2) is 0 Å². The molecule has 0 saturated carbocycles. The van der Waals surface area contributed by atoms with E-state index in [1.165, 1.54) is 0 Å². The van der Waals surface area contributed by atoms with Gasteiger partial charge in [0.05, 0.1) is 17.7 Å². The molecule has 0 spiro atoms. The molecule has 1 heterocycles. The van der Waals surface area contributed by atoms with Crippen molar-refractivity contribution < 1.29 is 19.8 Å². The Bertz CT molecular complexity index is 679. The van der Waals surface area contributed by atoms with Crippen molar-refractivity contribution in [1.82, 2.24) is 4.90 Å². The lowest BCUT2D eigenvalue weighted by Gasteiger charge is -2.22. The van der Waals surface area contributed by atoms with Crippen molar-refractivity contribution in [2.75, 3.05) is 6.54 Å². The van der Waals surface area contributed by atoms with Gasteiger partial charge < -0.3 is 10.2 Å². The van der Waals surface area contributed by atoms with Gasteiger partial charge in [-0.3, -0.25) is 14.5 Å². The van der Waals surface area contributed by atoms with Gasteiger partial charge in [-0.2, -0.15) is 0 Å². The number of carbonyl (C=O) groups excluding carboxylic acids is 2. The Morgan fingerprint density at radius 1 is 0.818 bits per heavy atom. The minimum atomic E-state index is -1.25. The molecule has 2 aromatic carbocycles. The van der Waals surface area contributed by atoms with Crippen molar-refractivity contribution in [2.24, 2.45) is 0 Å². The number of carbonyl (C=O) groups is 2. The lowest BCUT2D eigenvalue weighted by Crippen LogP contribution is -2.39. The summed E-state index contributed by atoms with van der Waals surface area (Å²) in [5, 5.41) is 20.3. The van der Waals surface area contributed by atoms with Crippen LogP contribution in [-0.4, -0.2) is 39.6 Å². The third kappa shape index (κ3) is 2.41. The molecule has 5 nitrogen and oxygen atoms in total. The second kappa shape index (κ2) is 5.71. The molecule has 1 aliphatic heterocycles. The van der Waals surface area contributed by atoms with E-state index in [0.29, 0.717) is 16.7 Å². The summed E-state index contributed by atoms with van der Waals surface area (Å²) in [6.45, 7) is -0.248. The van der Waals surface area contributed by atoms with E-state index in [2.05, 4.69) is 0 Å². The summed E-state index contributed by atoms with van der Waals surface area (Å²) in [5.41, 5.74) is 1.19. The van der Waals surface area contributed by atoms with Crippen LogP contribution in [0.25, 0.3) is 0 Å². The molecule has 2 atom stereocenters. The maximum absolute atomic E-state index is 12.2. The first kappa shape index (κ1) is 14.4. The zero-order chi connectivity index (χ0) is 15.7. The highest BCUT2D eigenvalue weighted by Gasteiger charge is 2.37. The van der Waals surface area contributed by atoms with Gasteiger partial charge in [0.2, 0.25) is 0 Å². The average Bonchev–Trinajstić information content (AvgIpc) is 2.80. The van der Waals surface area contributed by atoms with E-state index in [0.717, 1.165) is 4.90 Å². The fourth-order valence-corrected chi connectivity index (χ4v) is 2.56. The summed E-state index contributed by atoms with van der Waals surface area (Å²) < 4.78 is 0. The van der Waals surface area contributed by atoms with Crippen LogP contribution in [0.5, 0.6) is 0 Å². The third-order valence-electron chi connectivity index (χ3n) is 3.75. The summed E-state index contributed by atoms with van der Waals surface area (Å²) in [7, 11) is 0. The monoisotopic (exact) mass is 297 g/mol. The van der Waals surface area contributed by atoms with E-state index in [4.69, 9.17) is 0 Å². The molecule has 3 rings (SSSR count). The summed E-state index contributed by atoms with van der Waals surface area (Å²) >= 11 is 0. The van der Waals surface area contributed by atoms with Crippen molar-refractivity contribution in [3.63, 3.8) is 0 Å². The van der Waals surface area contributed by atoms with Crippen LogP contribution in [0.3, 0.4) is 0 Å². The molecule has 2 amide bonds. The summed E-state index contributed by atoms with van der Waals surface area (Å²) in [5.74, 6) is -0.889. The number of imide groups is 1. The molecule has 2 N–H and O–H groups in total. The Hall–Kier alpha value is -2.50. The predicted octanol–water partition coefficient (Wildman–Crippen LogP) is 1.38. The van der Waals surface area contributed by atoms with Gasteiger partial charge in [0.25, 0.3) is 11.8 Å². The minimum Gasteiger partial charge on any atom is -0.388 e. The normalized spacial score (nSPS) is 16.5. The Morgan fingerprint density at radius 2 is 1.32 bits per heavy atom. The average molecular weight is 297 g/mol. The molecule has 0 fully saturated rings. The van der Waals surface area contributed by atoms with Gasteiger partial charge >= 0.3 is 0 Å². The van der Waals surface area contributed by atoms with Crippen LogP contribution in [0.1, 0.15) is 32.4 Å². The Labute approximate surface area is 127 Å². The Morgan fingerprint density at radius 3 is 1.86 bits per heavy atom. The molecule has 0 aromatic heterocycles. The molecule has 0 aliphatic carbocycles. The molecule has 5 heteroatoms. The first-order valence-electron chi connectivity index (χ1n) is 6.96. The number of hydrogen-bond acceptors (Lipinski definition) is 4. The molecule has 0 unspecified atom stereocenters. The van der Waals surface area contributed by atoms with E-state index in [1.54, 1.807) is 54.6 Å². The molecular weight excluding hydrogens is 282 g/mol. The van der Waals surface area contributed by atoms with Crippen molar-refractivity contribution in [1.29, 1.82) is 0 Å². The summed E-state index contributed by atoms with van der Waals surface area (Å²) in [4.78, 5) is 25.4. The zero-order valence-electron chi connectivity index (χ0n) is 11.7. The van der Waals surface area contributed by atoms with Crippen LogP contribution in [-0.2, 0) is 0 Å². The smallest absolute Gasteiger partial charge is 0.261 e. The molecule has 2 aromatic rings. The van der Waals surface area contributed by atoms with Gasteiger partial charge in [-0.15, -0.1) is 0 Å². The first-order chi connectivity index (χ1) is 10.6. The van der Waals surface area contributed by atoms with E-state index >= 15 is 0 Å². The van der Waals surface area contributed by atoms with E-state index in [1.807, 2.05) is 0 Å². The number of amides is 2. The highest BCUT2D eigenvalue weighted by Crippen LogP contribution is 2.24. The van der Waals surface area contributed by atoms with Gasteiger partial charge in [-0.1, -0.05) is 42.5 Å². The Kier molecular flexibility index (Phi) is 3.75. The van der Waals surface area contributed by atoms with Gasteiger partial charge in [0.15, 0.2) is 0 Å². The molecule has 0 radical (unpaired) electrons. The fraction of sp³-hybridized carbons (Fsp3) is 0.176. The first-order valence-corrected chi connectivity index (χ1v) is 6.96. The van der Waals surface area contributed by atoms with Crippen LogP contribution in [0, 0.1) is 0 Å². The van der Waals surface area contributed by atoms with Crippen LogP contribution in [0.15, 0.2) is 54.6 Å². The maximum atomic E-state index is 12.2. The highest BCUT2D eigenvalue weighted by atomic mass is 16.3. The molecule has 112 valence electrons. The number of nitrogens with zero attached hydrogens (tertiary/aromatic N) is 1.